The molecule has 11 heavy (non-hydrogen) atoms. The van der Waals surface area contributed by atoms with Gasteiger partial charge in [0.2, 0.25) is 0 Å². The quantitative estimate of drug-likeness (QED) is 0.593. The average Bonchev–Trinajstić information content (AvgIpc) is 2.07. The molecule has 0 aromatic rings. The van der Waals surface area contributed by atoms with Gasteiger partial charge in [-0.1, -0.05) is 0 Å². The molecule has 0 atom stereocenters. The van der Waals surface area contributed by atoms with E-state index in [0.717, 1.165) is 19.3 Å². The van der Waals surface area contributed by atoms with Crippen LogP contribution in [-0.2, 0) is 0 Å². The van der Waals surface area contributed by atoms with E-state index in [2.05, 4.69) is 0 Å². The Morgan fingerprint density at radius 3 is 1.73 bits per heavy atom. The molecule has 0 aliphatic heterocycles. The van der Waals surface area contributed by atoms with Gasteiger partial charge in [-0.3, -0.25) is 0 Å². The van der Waals surface area contributed by atoms with E-state index < -0.39 is 5.67 Å². The average molecular weight is 178 g/mol. The predicted octanol–water partition coefficient (Wildman–Crippen LogP) is 3.42. The van der Waals surface area contributed by atoms with E-state index >= 15 is 0 Å². The van der Waals surface area contributed by atoms with Crippen LogP contribution < -0.4 is 0 Å². The normalized spacial score (nSPS) is 49.6. The molecule has 3 rings (SSSR count). The van der Waals surface area contributed by atoms with Crippen molar-refractivity contribution < 1.29 is 8.28 Å². The van der Waals surface area contributed by atoms with Gasteiger partial charge in [0.1, 0.15) is 5.67 Å². The molecular formula is C8H12F2S. The Balaban J connectivity index is 2.12. The van der Waals surface area contributed by atoms with Crippen LogP contribution in [0.5, 0.6) is 0 Å². The van der Waals surface area contributed by atoms with Crippen LogP contribution in [0.25, 0.3) is 0 Å². The summed E-state index contributed by atoms with van der Waals surface area (Å²) in [6.07, 6.45) is 3.98. The lowest BCUT2D eigenvalue weighted by atomic mass is 9.68. The molecule has 0 radical (unpaired) electrons. The molecule has 0 heterocycles. The fourth-order valence-corrected chi connectivity index (χ4v) is 2.76. The van der Waals surface area contributed by atoms with Crippen LogP contribution in [0.4, 0.5) is 8.28 Å². The largest absolute Gasteiger partial charge is 0.244 e. The molecule has 0 amide bonds. The van der Waals surface area contributed by atoms with Crippen molar-refractivity contribution in [3.05, 3.63) is 0 Å². The molecule has 0 saturated heterocycles. The second-order valence-electron chi connectivity index (χ2n) is 3.91. The third kappa shape index (κ3) is 1.17. The molecule has 3 aliphatic rings. The highest BCUT2D eigenvalue weighted by molar-refractivity contribution is 7.95. The first kappa shape index (κ1) is 7.84. The van der Waals surface area contributed by atoms with Crippen LogP contribution in [0, 0.1) is 0 Å². The monoisotopic (exact) mass is 178 g/mol. The maximum absolute atomic E-state index is 13.5. The maximum atomic E-state index is 13.5. The van der Waals surface area contributed by atoms with Crippen molar-refractivity contribution in [2.24, 2.45) is 0 Å². The number of rotatable bonds is 1. The molecule has 2 bridgehead atoms. The van der Waals surface area contributed by atoms with E-state index in [1.165, 1.54) is 0 Å². The minimum absolute atomic E-state index is 0.187. The van der Waals surface area contributed by atoms with Gasteiger partial charge in [0.25, 0.3) is 0 Å². The fourth-order valence-electron chi connectivity index (χ4n) is 2.22. The molecule has 3 heteroatoms. The number of alkyl halides is 1. The maximum Gasteiger partial charge on any atom is 0.111 e. The summed E-state index contributed by atoms with van der Waals surface area (Å²) in [4.78, 5) is 0. The van der Waals surface area contributed by atoms with Gasteiger partial charge in [-0.2, -0.15) is 3.89 Å². The summed E-state index contributed by atoms with van der Waals surface area (Å²) in [7, 11) is 0. The minimum Gasteiger partial charge on any atom is -0.244 e. The minimum atomic E-state index is -0.919. The summed E-state index contributed by atoms with van der Waals surface area (Å²) in [5, 5.41) is 0. The number of fused-ring (bicyclic) bond motifs is 3. The van der Waals surface area contributed by atoms with E-state index in [4.69, 9.17) is 0 Å². The van der Waals surface area contributed by atoms with Crippen LogP contribution in [0.15, 0.2) is 0 Å². The summed E-state index contributed by atoms with van der Waals surface area (Å²) in [6.45, 7) is 0. The van der Waals surface area contributed by atoms with Gasteiger partial charge in [-0.25, -0.2) is 4.39 Å². The first-order chi connectivity index (χ1) is 5.18. The van der Waals surface area contributed by atoms with Crippen molar-refractivity contribution in [3.63, 3.8) is 0 Å². The van der Waals surface area contributed by atoms with Crippen molar-refractivity contribution in [3.8, 4) is 0 Å². The van der Waals surface area contributed by atoms with Crippen molar-refractivity contribution in [2.45, 2.75) is 48.9 Å². The molecule has 3 fully saturated rings. The lowest BCUT2D eigenvalue weighted by molar-refractivity contribution is 0.0342. The third-order valence-corrected chi connectivity index (χ3v) is 4.19. The molecule has 0 nitrogen and oxygen atoms in total. The van der Waals surface area contributed by atoms with E-state index in [1.807, 2.05) is 0 Å². The molecule has 0 unspecified atom stereocenters. The molecule has 0 spiro atoms. The molecule has 0 aromatic carbocycles. The van der Waals surface area contributed by atoms with Gasteiger partial charge in [0, 0.05) is 4.75 Å². The summed E-state index contributed by atoms with van der Waals surface area (Å²) in [6, 6.07) is 0. The number of hydrogen-bond donors (Lipinski definition) is 0. The molecular weight excluding hydrogens is 166 g/mol. The van der Waals surface area contributed by atoms with E-state index in [0.29, 0.717) is 31.4 Å². The Morgan fingerprint density at radius 2 is 1.36 bits per heavy atom. The van der Waals surface area contributed by atoms with Gasteiger partial charge in [0.15, 0.2) is 0 Å². The highest BCUT2D eigenvalue weighted by atomic mass is 32.2. The molecule has 0 aromatic heterocycles. The van der Waals surface area contributed by atoms with Crippen LogP contribution in [0.2, 0.25) is 0 Å². The zero-order chi connectivity index (χ0) is 7.95. The first-order valence-electron chi connectivity index (χ1n) is 4.17. The van der Waals surface area contributed by atoms with Crippen molar-refractivity contribution in [2.75, 3.05) is 0 Å². The van der Waals surface area contributed by atoms with Crippen LogP contribution in [0.3, 0.4) is 0 Å². The van der Waals surface area contributed by atoms with Gasteiger partial charge >= 0.3 is 0 Å². The van der Waals surface area contributed by atoms with E-state index in [9.17, 15) is 8.28 Å². The SMILES string of the molecule is FSC12CCC(F)(CC1)CC2. The Bertz CT molecular complexity index is 145. The van der Waals surface area contributed by atoms with Crippen LogP contribution in [0.1, 0.15) is 38.5 Å². The molecule has 64 valence electrons. The Kier molecular flexibility index (Phi) is 1.67. The Morgan fingerprint density at radius 1 is 0.909 bits per heavy atom. The first-order valence-corrected chi connectivity index (χ1v) is 4.89. The number of halogens is 2. The van der Waals surface area contributed by atoms with Gasteiger partial charge in [-0.15, -0.1) is 0 Å². The van der Waals surface area contributed by atoms with Crippen LogP contribution in [-0.4, -0.2) is 10.4 Å². The predicted molar refractivity (Wildman–Crippen MR) is 43.0 cm³/mol. The molecule has 0 N–H and O–H groups in total. The van der Waals surface area contributed by atoms with Crippen molar-refractivity contribution in [1.29, 1.82) is 0 Å². The third-order valence-electron chi connectivity index (χ3n) is 3.25. The summed E-state index contributed by atoms with van der Waals surface area (Å²) in [5.41, 5.74) is -0.919. The van der Waals surface area contributed by atoms with Crippen LogP contribution >= 0.6 is 12.1 Å². The van der Waals surface area contributed by atoms with Gasteiger partial charge in [0.05, 0.1) is 12.1 Å². The summed E-state index contributed by atoms with van der Waals surface area (Å²) < 4.78 is 25.8. The fraction of sp³-hybridized carbons (Fsp3) is 1.00. The standard InChI is InChI=1S/C8H12F2S/c9-7-1-4-8(11-10,5-2-7)6-3-7/h1-6H2. The van der Waals surface area contributed by atoms with Gasteiger partial charge in [-0.05, 0) is 38.5 Å². The zero-order valence-electron chi connectivity index (χ0n) is 6.41. The van der Waals surface area contributed by atoms with Gasteiger partial charge < -0.3 is 0 Å². The second kappa shape index (κ2) is 2.35. The summed E-state index contributed by atoms with van der Waals surface area (Å²) >= 11 is 0.463. The topological polar surface area (TPSA) is 0 Å². The van der Waals surface area contributed by atoms with E-state index in [-0.39, 0.29) is 4.75 Å². The van der Waals surface area contributed by atoms with Crippen molar-refractivity contribution >= 4 is 12.1 Å². The highest BCUT2D eigenvalue weighted by Gasteiger charge is 2.49. The Labute approximate surface area is 70.0 Å². The summed E-state index contributed by atoms with van der Waals surface area (Å²) in [5.74, 6) is 0. The van der Waals surface area contributed by atoms with Crippen molar-refractivity contribution in [1.82, 2.24) is 0 Å². The Hall–Kier alpha value is 0.210. The smallest absolute Gasteiger partial charge is 0.111 e. The zero-order valence-corrected chi connectivity index (χ0v) is 7.22. The second-order valence-corrected chi connectivity index (χ2v) is 4.93. The lowest BCUT2D eigenvalue weighted by Gasteiger charge is -2.47. The number of hydrogen-bond acceptors (Lipinski definition) is 1. The lowest BCUT2D eigenvalue weighted by Crippen LogP contribution is -2.45. The highest BCUT2D eigenvalue weighted by Crippen LogP contribution is 2.55. The van der Waals surface area contributed by atoms with E-state index in [1.54, 1.807) is 0 Å². The molecule has 3 aliphatic carbocycles. The molecule has 3 saturated carbocycles.